The molecule has 1 atom stereocenters. The standard InChI is InChI=1S/C13H18Cl2N2/c1-2-4-10-9-17(8-7-16-10)12-6-3-5-11(14)13(12)15/h3,5-6,10,16H,2,4,7-9H2,1H3. The molecule has 0 aliphatic carbocycles. The minimum absolute atomic E-state index is 0.559. The zero-order valence-corrected chi connectivity index (χ0v) is 11.6. The van der Waals surface area contributed by atoms with Crippen LogP contribution in [0, 0.1) is 0 Å². The molecule has 94 valence electrons. The lowest BCUT2D eigenvalue weighted by Gasteiger charge is -2.35. The van der Waals surface area contributed by atoms with Gasteiger partial charge in [-0.3, -0.25) is 0 Å². The van der Waals surface area contributed by atoms with Crippen LogP contribution in [0.1, 0.15) is 19.8 Å². The second-order valence-electron chi connectivity index (χ2n) is 4.46. The number of anilines is 1. The van der Waals surface area contributed by atoms with Crippen LogP contribution < -0.4 is 10.2 Å². The Bertz CT molecular complexity index is 380. The number of nitrogens with zero attached hydrogens (tertiary/aromatic N) is 1. The molecule has 4 heteroatoms. The molecule has 17 heavy (non-hydrogen) atoms. The average molecular weight is 273 g/mol. The number of hydrogen-bond acceptors (Lipinski definition) is 2. The molecule has 1 fully saturated rings. The van der Waals surface area contributed by atoms with Gasteiger partial charge in [0, 0.05) is 25.7 Å². The van der Waals surface area contributed by atoms with Gasteiger partial charge in [-0.25, -0.2) is 0 Å². The fourth-order valence-corrected chi connectivity index (χ4v) is 2.74. The molecule has 2 nitrogen and oxygen atoms in total. The van der Waals surface area contributed by atoms with E-state index >= 15 is 0 Å². The van der Waals surface area contributed by atoms with Crippen LogP contribution in [0.25, 0.3) is 0 Å². The van der Waals surface area contributed by atoms with Gasteiger partial charge in [-0.1, -0.05) is 42.6 Å². The topological polar surface area (TPSA) is 15.3 Å². The summed E-state index contributed by atoms with van der Waals surface area (Å²) in [5.41, 5.74) is 1.06. The SMILES string of the molecule is CCCC1CN(c2cccc(Cl)c2Cl)CCN1. The Morgan fingerprint density at radius 1 is 1.41 bits per heavy atom. The molecule has 0 saturated carbocycles. The minimum atomic E-state index is 0.559. The van der Waals surface area contributed by atoms with Crippen LogP contribution in [-0.4, -0.2) is 25.7 Å². The number of nitrogens with one attached hydrogen (secondary N) is 1. The first-order valence-electron chi connectivity index (χ1n) is 6.14. The van der Waals surface area contributed by atoms with Crippen LogP contribution in [0.4, 0.5) is 5.69 Å². The maximum Gasteiger partial charge on any atom is 0.0825 e. The molecule has 0 amide bonds. The summed E-state index contributed by atoms with van der Waals surface area (Å²) in [6.45, 7) is 5.22. The first-order chi connectivity index (χ1) is 8.22. The molecule has 1 unspecified atom stereocenters. The highest BCUT2D eigenvalue weighted by atomic mass is 35.5. The highest BCUT2D eigenvalue weighted by Crippen LogP contribution is 2.32. The quantitative estimate of drug-likeness (QED) is 0.905. The maximum absolute atomic E-state index is 6.26. The largest absolute Gasteiger partial charge is 0.367 e. The Morgan fingerprint density at radius 2 is 2.24 bits per heavy atom. The van der Waals surface area contributed by atoms with E-state index in [0.29, 0.717) is 16.1 Å². The van der Waals surface area contributed by atoms with Gasteiger partial charge in [0.25, 0.3) is 0 Å². The lowest BCUT2D eigenvalue weighted by molar-refractivity contribution is 0.431. The number of benzene rings is 1. The van der Waals surface area contributed by atoms with E-state index < -0.39 is 0 Å². The number of halogens is 2. The first kappa shape index (κ1) is 13.0. The van der Waals surface area contributed by atoms with Crippen molar-refractivity contribution in [1.82, 2.24) is 5.32 Å². The van der Waals surface area contributed by atoms with Crippen molar-refractivity contribution in [2.75, 3.05) is 24.5 Å². The maximum atomic E-state index is 6.26. The first-order valence-corrected chi connectivity index (χ1v) is 6.90. The minimum Gasteiger partial charge on any atom is -0.367 e. The fourth-order valence-electron chi connectivity index (χ4n) is 2.32. The predicted octanol–water partition coefficient (Wildman–Crippen LogP) is 3.57. The molecule has 0 bridgehead atoms. The third kappa shape index (κ3) is 3.06. The summed E-state index contributed by atoms with van der Waals surface area (Å²) in [6, 6.07) is 6.39. The summed E-state index contributed by atoms with van der Waals surface area (Å²) in [5, 5.41) is 4.84. The molecule has 1 aromatic rings. The molecule has 1 aliphatic heterocycles. The van der Waals surface area contributed by atoms with E-state index in [4.69, 9.17) is 23.2 Å². The molecule has 0 aromatic heterocycles. The molecule has 0 radical (unpaired) electrons. The van der Waals surface area contributed by atoms with Crippen LogP contribution in [-0.2, 0) is 0 Å². The van der Waals surface area contributed by atoms with Crippen molar-refractivity contribution in [2.45, 2.75) is 25.8 Å². The zero-order valence-electron chi connectivity index (χ0n) is 10.0. The average Bonchev–Trinajstić information content (AvgIpc) is 2.33. The van der Waals surface area contributed by atoms with Crippen LogP contribution in [0.2, 0.25) is 10.0 Å². The van der Waals surface area contributed by atoms with Crippen LogP contribution in [0.3, 0.4) is 0 Å². The summed E-state index contributed by atoms with van der Waals surface area (Å²) >= 11 is 12.3. The van der Waals surface area contributed by atoms with Crippen LogP contribution in [0.15, 0.2) is 18.2 Å². The van der Waals surface area contributed by atoms with Crippen molar-refractivity contribution >= 4 is 28.9 Å². The van der Waals surface area contributed by atoms with Gasteiger partial charge in [-0.15, -0.1) is 0 Å². The van der Waals surface area contributed by atoms with E-state index in [1.807, 2.05) is 18.2 Å². The summed E-state index contributed by atoms with van der Waals surface area (Å²) < 4.78 is 0. The molecular weight excluding hydrogens is 255 g/mol. The Hall–Kier alpha value is -0.440. The summed E-state index contributed by atoms with van der Waals surface area (Å²) in [7, 11) is 0. The van der Waals surface area contributed by atoms with Crippen LogP contribution >= 0.6 is 23.2 Å². The van der Waals surface area contributed by atoms with Crippen molar-refractivity contribution in [3.05, 3.63) is 28.2 Å². The normalized spacial score (nSPS) is 20.6. The van der Waals surface area contributed by atoms with Gasteiger partial charge in [0.15, 0.2) is 0 Å². The van der Waals surface area contributed by atoms with E-state index in [0.717, 1.165) is 25.3 Å². The highest BCUT2D eigenvalue weighted by Gasteiger charge is 2.20. The van der Waals surface area contributed by atoms with E-state index in [-0.39, 0.29) is 0 Å². The van der Waals surface area contributed by atoms with E-state index in [2.05, 4.69) is 17.1 Å². The van der Waals surface area contributed by atoms with Crippen molar-refractivity contribution in [3.63, 3.8) is 0 Å². The van der Waals surface area contributed by atoms with Gasteiger partial charge in [0.2, 0.25) is 0 Å². The smallest absolute Gasteiger partial charge is 0.0825 e. The number of hydrogen-bond donors (Lipinski definition) is 1. The summed E-state index contributed by atoms with van der Waals surface area (Å²) in [6.07, 6.45) is 2.41. The van der Waals surface area contributed by atoms with E-state index in [1.54, 1.807) is 0 Å². The zero-order chi connectivity index (χ0) is 12.3. The van der Waals surface area contributed by atoms with Crippen molar-refractivity contribution < 1.29 is 0 Å². The number of rotatable bonds is 3. The summed E-state index contributed by atoms with van der Waals surface area (Å²) in [4.78, 5) is 2.32. The highest BCUT2D eigenvalue weighted by molar-refractivity contribution is 6.43. The second kappa shape index (κ2) is 5.94. The van der Waals surface area contributed by atoms with E-state index in [9.17, 15) is 0 Å². The number of piperazine rings is 1. The molecule has 0 spiro atoms. The Kier molecular flexibility index (Phi) is 4.55. The van der Waals surface area contributed by atoms with Gasteiger partial charge in [0.1, 0.15) is 0 Å². The Balaban J connectivity index is 2.13. The second-order valence-corrected chi connectivity index (χ2v) is 5.24. The third-order valence-electron chi connectivity index (χ3n) is 3.16. The molecule has 1 heterocycles. The molecule has 1 N–H and O–H groups in total. The van der Waals surface area contributed by atoms with Gasteiger partial charge in [-0.05, 0) is 18.6 Å². The lowest BCUT2D eigenvalue weighted by atomic mass is 10.1. The van der Waals surface area contributed by atoms with Gasteiger partial charge < -0.3 is 10.2 Å². The molecule has 2 rings (SSSR count). The van der Waals surface area contributed by atoms with Crippen molar-refractivity contribution in [3.8, 4) is 0 Å². The van der Waals surface area contributed by atoms with E-state index in [1.165, 1.54) is 12.8 Å². The molecular formula is C13H18Cl2N2. The molecule has 1 aromatic carbocycles. The molecule has 1 saturated heterocycles. The monoisotopic (exact) mass is 272 g/mol. The predicted molar refractivity (Wildman–Crippen MR) is 75.4 cm³/mol. The van der Waals surface area contributed by atoms with Crippen molar-refractivity contribution in [2.24, 2.45) is 0 Å². The summed E-state index contributed by atoms with van der Waals surface area (Å²) in [5.74, 6) is 0. The third-order valence-corrected chi connectivity index (χ3v) is 3.97. The Labute approximate surface area is 113 Å². The fraction of sp³-hybridized carbons (Fsp3) is 0.538. The van der Waals surface area contributed by atoms with Crippen molar-refractivity contribution in [1.29, 1.82) is 0 Å². The van der Waals surface area contributed by atoms with Crippen LogP contribution in [0.5, 0.6) is 0 Å². The Morgan fingerprint density at radius 3 is 3.00 bits per heavy atom. The molecule has 1 aliphatic rings. The van der Waals surface area contributed by atoms with Gasteiger partial charge in [0.05, 0.1) is 15.7 Å². The van der Waals surface area contributed by atoms with Gasteiger partial charge >= 0.3 is 0 Å². The lowest BCUT2D eigenvalue weighted by Crippen LogP contribution is -2.50. The van der Waals surface area contributed by atoms with Gasteiger partial charge in [-0.2, -0.15) is 0 Å².